The molecule has 0 radical (unpaired) electrons. The second-order valence-corrected chi connectivity index (χ2v) is 11.4. The normalized spacial score (nSPS) is 15.7. The first-order valence-electron chi connectivity index (χ1n) is 16.0. The summed E-state index contributed by atoms with van der Waals surface area (Å²) in [4.78, 5) is 66.6. The fourth-order valence-electron chi connectivity index (χ4n) is 5.54. The van der Waals surface area contributed by atoms with E-state index in [1.54, 1.807) is 36.1 Å². The Morgan fingerprint density at radius 3 is 2.42 bits per heavy atom. The fraction of sp³-hybridized carbons (Fsp3) is 0.412. The summed E-state index contributed by atoms with van der Waals surface area (Å²) < 4.78 is 16.3. The van der Waals surface area contributed by atoms with Crippen molar-refractivity contribution in [2.75, 3.05) is 39.4 Å². The van der Waals surface area contributed by atoms with Crippen LogP contribution in [0.2, 0.25) is 0 Å². The molecule has 1 saturated carbocycles. The molecular formula is C34H39N5O9. The zero-order chi connectivity index (χ0) is 33.9. The zero-order valence-corrected chi connectivity index (χ0v) is 26.7. The Morgan fingerprint density at radius 2 is 1.71 bits per heavy atom. The first kappa shape index (κ1) is 34.1. The van der Waals surface area contributed by atoms with Crippen molar-refractivity contribution < 1.29 is 43.3 Å². The molecule has 0 spiro atoms. The van der Waals surface area contributed by atoms with Gasteiger partial charge in [-0.25, -0.2) is 14.6 Å². The van der Waals surface area contributed by atoms with E-state index < -0.39 is 30.7 Å². The van der Waals surface area contributed by atoms with Crippen LogP contribution in [-0.2, 0) is 25.6 Å². The molecule has 1 aliphatic carbocycles. The van der Waals surface area contributed by atoms with E-state index in [4.69, 9.17) is 24.2 Å². The molecule has 1 unspecified atom stereocenters. The van der Waals surface area contributed by atoms with Crippen LogP contribution in [0.1, 0.15) is 48.7 Å². The van der Waals surface area contributed by atoms with Crippen LogP contribution in [0.5, 0.6) is 11.6 Å². The Morgan fingerprint density at radius 1 is 0.958 bits per heavy atom. The van der Waals surface area contributed by atoms with Gasteiger partial charge in [0.25, 0.3) is 5.91 Å². The lowest BCUT2D eigenvalue weighted by Gasteiger charge is -2.35. The molecule has 1 aliphatic heterocycles. The van der Waals surface area contributed by atoms with Crippen LogP contribution >= 0.6 is 0 Å². The summed E-state index contributed by atoms with van der Waals surface area (Å²) in [6, 6.07) is 16.4. The number of carbonyl (C=O) groups excluding carboxylic acids is 3. The minimum atomic E-state index is -1.12. The van der Waals surface area contributed by atoms with Gasteiger partial charge < -0.3 is 34.4 Å². The van der Waals surface area contributed by atoms with E-state index in [1.807, 2.05) is 30.3 Å². The fourth-order valence-corrected chi connectivity index (χ4v) is 5.54. The van der Waals surface area contributed by atoms with Crippen LogP contribution in [0.15, 0.2) is 60.7 Å². The molecule has 254 valence electrons. The van der Waals surface area contributed by atoms with Gasteiger partial charge in [0.2, 0.25) is 11.8 Å². The Labute approximate surface area is 277 Å². The van der Waals surface area contributed by atoms with Crippen molar-refractivity contribution in [2.24, 2.45) is 0 Å². The van der Waals surface area contributed by atoms with E-state index in [9.17, 15) is 19.2 Å². The molecule has 14 heteroatoms. The summed E-state index contributed by atoms with van der Waals surface area (Å²) in [6.07, 6.45) is 3.18. The summed E-state index contributed by atoms with van der Waals surface area (Å²) in [5.74, 6) is -1.15. The number of carbonyl (C=O) groups is 4. The third-order valence-corrected chi connectivity index (χ3v) is 7.88. The standard InChI is InChI=1S/C34H39N5O9/c1-2-45-34(44)48-39-17-15-38(16-18-39)33(43)28(20-23-9-8-14-26(19-23)46-22-30(40)41)36-32(42)27-21-29(47-25-12-6-7-13-25)37-31(35-27)24-10-4-3-5-11-24/h3-5,8-11,14,19,21,25,28H,2,6-7,12-13,15-18,20,22H2,1H3,(H,36,42)(H,40,41). The highest BCUT2D eigenvalue weighted by molar-refractivity contribution is 5.96. The van der Waals surface area contributed by atoms with E-state index in [-0.39, 0.29) is 62.8 Å². The molecule has 2 heterocycles. The number of hydrogen-bond donors (Lipinski definition) is 2. The lowest BCUT2D eigenvalue weighted by atomic mass is 10.0. The van der Waals surface area contributed by atoms with Gasteiger partial charge in [0.15, 0.2) is 12.4 Å². The van der Waals surface area contributed by atoms with Crippen LogP contribution in [0.3, 0.4) is 0 Å². The average molecular weight is 662 g/mol. The predicted octanol–water partition coefficient (Wildman–Crippen LogP) is 3.50. The number of amides is 2. The topological polar surface area (TPSA) is 170 Å². The smallest absolute Gasteiger partial charge is 0.482 e. The molecule has 1 atom stereocenters. The van der Waals surface area contributed by atoms with Gasteiger partial charge >= 0.3 is 12.1 Å². The van der Waals surface area contributed by atoms with Gasteiger partial charge in [-0.3, -0.25) is 9.59 Å². The molecule has 1 aromatic heterocycles. The number of aliphatic carboxylic acids is 1. The second-order valence-electron chi connectivity index (χ2n) is 11.4. The van der Waals surface area contributed by atoms with E-state index in [0.717, 1.165) is 25.7 Å². The number of carboxylic acids is 1. The van der Waals surface area contributed by atoms with Gasteiger partial charge in [-0.1, -0.05) is 42.5 Å². The monoisotopic (exact) mass is 661 g/mol. The highest BCUT2D eigenvalue weighted by atomic mass is 16.8. The number of rotatable bonds is 13. The predicted molar refractivity (Wildman–Crippen MR) is 171 cm³/mol. The molecule has 2 fully saturated rings. The van der Waals surface area contributed by atoms with Gasteiger partial charge in [0.05, 0.1) is 19.7 Å². The number of piperazine rings is 1. The van der Waals surface area contributed by atoms with Gasteiger partial charge in [0.1, 0.15) is 23.6 Å². The number of benzene rings is 2. The number of nitrogens with zero attached hydrogens (tertiary/aromatic N) is 4. The lowest BCUT2D eigenvalue weighted by molar-refractivity contribution is -0.157. The molecule has 48 heavy (non-hydrogen) atoms. The third kappa shape index (κ3) is 9.64. The SMILES string of the molecule is CCOC(=O)ON1CCN(C(=O)C(Cc2cccc(OCC(=O)O)c2)NC(=O)c2cc(OC3CCCC3)nc(-c3ccccc3)n2)CC1. The maximum absolute atomic E-state index is 14.0. The Hall–Kier alpha value is -5.24. The molecule has 3 aromatic rings. The number of nitrogens with one attached hydrogen (secondary N) is 1. The maximum Gasteiger partial charge on any atom is 0.527 e. The summed E-state index contributed by atoms with van der Waals surface area (Å²) in [6.45, 7) is 2.29. The number of ether oxygens (including phenoxy) is 3. The summed E-state index contributed by atoms with van der Waals surface area (Å²) in [5, 5.41) is 13.3. The van der Waals surface area contributed by atoms with E-state index in [1.165, 1.54) is 11.1 Å². The van der Waals surface area contributed by atoms with E-state index in [2.05, 4.69) is 15.3 Å². The second kappa shape index (κ2) is 16.5. The minimum Gasteiger partial charge on any atom is -0.482 e. The molecule has 2 aliphatic rings. The Kier molecular flexibility index (Phi) is 11.8. The van der Waals surface area contributed by atoms with Gasteiger partial charge in [-0.05, 0) is 50.3 Å². The van der Waals surface area contributed by atoms with Crippen LogP contribution in [0.4, 0.5) is 4.79 Å². The van der Waals surface area contributed by atoms with Gasteiger partial charge in [0, 0.05) is 31.1 Å². The summed E-state index contributed by atoms with van der Waals surface area (Å²) >= 11 is 0. The van der Waals surface area contributed by atoms with Crippen molar-refractivity contribution in [1.29, 1.82) is 0 Å². The molecular weight excluding hydrogens is 622 g/mol. The molecule has 14 nitrogen and oxygen atoms in total. The highest BCUT2D eigenvalue weighted by Crippen LogP contribution is 2.26. The number of carboxylic acid groups (broad SMARTS) is 1. The number of aromatic nitrogens is 2. The van der Waals surface area contributed by atoms with Crippen LogP contribution in [0.25, 0.3) is 11.4 Å². The minimum absolute atomic E-state index is 0.00383. The quantitative estimate of drug-likeness (QED) is 0.256. The van der Waals surface area contributed by atoms with Crippen LogP contribution < -0.4 is 14.8 Å². The summed E-state index contributed by atoms with van der Waals surface area (Å²) in [5.41, 5.74) is 1.39. The van der Waals surface area contributed by atoms with E-state index >= 15 is 0 Å². The molecule has 2 N–H and O–H groups in total. The Bertz CT molecular complexity index is 1570. The highest BCUT2D eigenvalue weighted by Gasteiger charge is 2.31. The largest absolute Gasteiger partial charge is 0.527 e. The van der Waals surface area contributed by atoms with Crippen molar-refractivity contribution in [3.63, 3.8) is 0 Å². The average Bonchev–Trinajstić information content (AvgIpc) is 3.60. The van der Waals surface area contributed by atoms with Crippen LogP contribution in [0, 0.1) is 0 Å². The van der Waals surface area contributed by atoms with Crippen molar-refractivity contribution >= 4 is 23.9 Å². The molecule has 1 saturated heterocycles. The van der Waals surface area contributed by atoms with Gasteiger partial charge in [-0.15, -0.1) is 5.06 Å². The summed E-state index contributed by atoms with van der Waals surface area (Å²) in [7, 11) is 0. The Balaban J connectivity index is 1.38. The van der Waals surface area contributed by atoms with Crippen molar-refractivity contribution in [3.8, 4) is 23.0 Å². The maximum atomic E-state index is 14.0. The molecule has 5 rings (SSSR count). The van der Waals surface area contributed by atoms with E-state index in [0.29, 0.717) is 22.7 Å². The zero-order valence-electron chi connectivity index (χ0n) is 26.7. The first-order valence-corrected chi connectivity index (χ1v) is 16.0. The first-order chi connectivity index (χ1) is 23.3. The van der Waals surface area contributed by atoms with Crippen LogP contribution in [-0.4, -0.2) is 101 Å². The number of hydrogen-bond acceptors (Lipinski definition) is 11. The lowest BCUT2D eigenvalue weighted by Crippen LogP contribution is -2.55. The van der Waals surface area contributed by atoms with Crippen molar-refractivity contribution in [1.82, 2.24) is 25.2 Å². The number of hydroxylamine groups is 2. The van der Waals surface area contributed by atoms with Gasteiger partial charge in [-0.2, -0.15) is 4.98 Å². The third-order valence-electron chi connectivity index (χ3n) is 7.88. The molecule has 0 bridgehead atoms. The van der Waals surface area contributed by atoms with Crippen molar-refractivity contribution in [3.05, 3.63) is 71.9 Å². The van der Waals surface area contributed by atoms with Crippen molar-refractivity contribution in [2.45, 2.75) is 51.2 Å². The molecule has 2 aromatic carbocycles. The molecule has 2 amide bonds.